The SMILES string of the molecule is COC(=O)c1cccc(NC(=O)C2CCCCCN2)c1. The van der Waals surface area contributed by atoms with E-state index in [1.807, 2.05) is 0 Å². The van der Waals surface area contributed by atoms with Crippen molar-refractivity contribution in [2.45, 2.75) is 31.7 Å². The number of nitrogens with one attached hydrogen (secondary N) is 2. The van der Waals surface area contributed by atoms with Crippen LogP contribution in [-0.2, 0) is 9.53 Å². The van der Waals surface area contributed by atoms with Gasteiger partial charge < -0.3 is 15.4 Å². The zero-order valence-corrected chi connectivity index (χ0v) is 11.6. The number of amides is 1. The molecule has 1 aliphatic heterocycles. The van der Waals surface area contributed by atoms with Crippen molar-refractivity contribution in [2.75, 3.05) is 19.0 Å². The third-order valence-electron chi connectivity index (χ3n) is 3.43. The average Bonchev–Trinajstić information content (AvgIpc) is 2.76. The number of carbonyl (C=O) groups excluding carboxylic acids is 2. The van der Waals surface area contributed by atoms with Crippen molar-refractivity contribution < 1.29 is 14.3 Å². The molecule has 1 amide bonds. The van der Waals surface area contributed by atoms with Crippen LogP contribution in [0.5, 0.6) is 0 Å². The van der Waals surface area contributed by atoms with Crippen molar-refractivity contribution in [3.05, 3.63) is 29.8 Å². The lowest BCUT2D eigenvalue weighted by molar-refractivity contribution is -0.118. The number of rotatable bonds is 3. The van der Waals surface area contributed by atoms with Crippen LogP contribution in [0.2, 0.25) is 0 Å². The van der Waals surface area contributed by atoms with Crippen LogP contribution in [0.1, 0.15) is 36.0 Å². The average molecular weight is 276 g/mol. The fourth-order valence-corrected chi connectivity index (χ4v) is 2.32. The molecule has 1 atom stereocenters. The second-order valence-corrected chi connectivity index (χ2v) is 4.92. The molecule has 20 heavy (non-hydrogen) atoms. The quantitative estimate of drug-likeness (QED) is 0.828. The van der Waals surface area contributed by atoms with Crippen LogP contribution in [0, 0.1) is 0 Å². The molecule has 0 bridgehead atoms. The van der Waals surface area contributed by atoms with Gasteiger partial charge in [-0.25, -0.2) is 4.79 Å². The maximum atomic E-state index is 12.2. The molecule has 5 nitrogen and oxygen atoms in total. The molecule has 2 rings (SSSR count). The van der Waals surface area contributed by atoms with Gasteiger partial charge in [0.1, 0.15) is 0 Å². The van der Waals surface area contributed by atoms with E-state index in [0.717, 1.165) is 32.2 Å². The number of anilines is 1. The first-order valence-electron chi connectivity index (χ1n) is 6.93. The molecule has 1 heterocycles. The summed E-state index contributed by atoms with van der Waals surface area (Å²) in [6, 6.07) is 6.62. The number of benzene rings is 1. The second-order valence-electron chi connectivity index (χ2n) is 4.92. The zero-order chi connectivity index (χ0) is 14.4. The normalized spacial score (nSPS) is 18.9. The highest BCUT2D eigenvalue weighted by molar-refractivity contribution is 5.96. The predicted molar refractivity (Wildman–Crippen MR) is 76.7 cm³/mol. The third kappa shape index (κ3) is 3.81. The Hall–Kier alpha value is -1.88. The fraction of sp³-hybridized carbons (Fsp3) is 0.467. The van der Waals surface area contributed by atoms with E-state index in [1.165, 1.54) is 7.11 Å². The van der Waals surface area contributed by atoms with Crippen molar-refractivity contribution in [3.8, 4) is 0 Å². The predicted octanol–water partition coefficient (Wildman–Crippen LogP) is 1.94. The van der Waals surface area contributed by atoms with Crippen molar-refractivity contribution in [2.24, 2.45) is 0 Å². The highest BCUT2D eigenvalue weighted by Crippen LogP contribution is 2.14. The van der Waals surface area contributed by atoms with E-state index in [4.69, 9.17) is 0 Å². The molecule has 2 N–H and O–H groups in total. The van der Waals surface area contributed by atoms with Crippen molar-refractivity contribution in [1.29, 1.82) is 0 Å². The lowest BCUT2D eigenvalue weighted by atomic mass is 10.1. The third-order valence-corrected chi connectivity index (χ3v) is 3.43. The minimum absolute atomic E-state index is 0.0473. The molecule has 1 unspecified atom stereocenters. The summed E-state index contributed by atoms with van der Waals surface area (Å²) < 4.78 is 4.67. The molecular weight excluding hydrogens is 256 g/mol. The standard InChI is InChI=1S/C15H20N2O3/c1-20-15(19)11-6-5-7-12(10-11)17-14(18)13-8-3-2-4-9-16-13/h5-7,10,13,16H,2-4,8-9H2,1H3,(H,17,18). The highest BCUT2D eigenvalue weighted by Gasteiger charge is 2.19. The van der Waals surface area contributed by atoms with Crippen LogP contribution in [0.4, 0.5) is 5.69 Å². The van der Waals surface area contributed by atoms with E-state index >= 15 is 0 Å². The van der Waals surface area contributed by atoms with Gasteiger partial charge in [0.05, 0.1) is 18.7 Å². The number of hydrogen-bond acceptors (Lipinski definition) is 4. The summed E-state index contributed by atoms with van der Waals surface area (Å²) in [5.74, 6) is -0.456. The topological polar surface area (TPSA) is 67.4 Å². The Morgan fingerprint density at radius 1 is 1.30 bits per heavy atom. The zero-order valence-electron chi connectivity index (χ0n) is 11.6. The molecule has 1 aromatic carbocycles. The Morgan fingerprint density at radius 2 is 2.15 bits per heavy atom. The molecule has 0 radical (unpaired) electrons. The van der Waals surface area contributed by atoms with Crippen LogP contribution < -0.4 is 10.6 Å². The molecule has 0 saturated carbocycles. The molecule has 1 fully saturated rings. The van der Waals surface area contributed by atoms with Crippen molar-refractivity contribution in [3.63, 3.8) is 0 Å². The summed E-state index contributed by atoms with van der Waals surface area (Å²) in [4.78, 5) is 23.6. The van der Waals surface area contributed by atoms with E-state index in [0.29, 0.717) is 11.3 Å². The minimum Gasteiger partial charge on any atom is -0.465 e. The van der Waals surface area contributed by atoms with Crippen LogP contribution >= 0.6 is 0 Å². The molecule has 108 valence electrons. The van der Waals surface area contributed by atoms with Gasteiger partial charge in [0.2, 0.25) is 5.91 Å². The molecule has 0 aromatic heterocycles. The van der Waals surface area contributed by atoms with Gasteiger partial charge in [0, 0.05) is 5.69 Å². The van der Waals surface area contributed by atoms with Gasteiger partial charge in [-0.3, -0.25) is 4.79 Å². The van der Waals surface area contributed by atoms with Crippen molar-refractivity contribution >= 4 is 17.6 Å². The van der Waals surface area contributed by atoms with Gasteiger partial charge in [-0.1, -0.05) is 18.9 Å². The maximum Gasteiger partial charge on any atom is 0.337 e. The van der Waals surface area contributed by atoms with Gasteiger partial charge in [-0.2, -0.15) is 0 Å². The minimum atomic E-state index is -0.409. The van der Waals surface area contributed by atoms with E-state index in [-0.39, 0.29) is 11.9 Å². The Labute approximate surface area is 118 Å². The molecule has 1 aliphatic rings. The second kappa shape index (κ2) is 7.05. The van der Waals surface area contributed by atoms with Crippen LogP contribution in [0.15, 0.2) is 24.3 Å². The van der Waals surface area contributed by atoms with Crippen LogP contribution in [0.25, 0.3) is 0 Å². The summed E-state index contributed by atoms with van der Waals surface area (Å²) in [5.41, 5.74) is 1.04. The van der Waals surface area contributed by atoms with E-state index in [1.54, 1.807) is 24.3 Å². The monoisotopic (exact) mass is 276 g/mol. The first-order chi connectivity index (χ1) is 9.70. The largest absolute Gasteiger partial charge is 0.465 e. The summed E-state index contributed by atoms with van der Waals surface area (Å²) in [6.45, 7) is 0.875. The number of methoxy groups -OCH3 is 1. The van der Waals surface area contributed by atoms with Gasteiger partial charge in [-0.05, 0) is 37.6 Å². The summed E-state index contributed by atoms with van der Waals surface area (Å²) in [7, 11) is 1.34. The van der Waals surface area contributed by atoms with Crippen LogP contribution in [-0.4, -0.2) is 31.6 Å². The Bertz CT molecular complexity index is 480. The molecular formula is C15H20N2O3. The Kier molecular flexibility index (Phi) is 5.12. The summed E-state index contributed by atoms with van der Waals surface area (Å²) >= 11 is 0. The van der Waals surface area contributed by atoms with Gasteiger partial charge >= 0.3 is 5.97 Å². The molecule has 1 saturated heterocycles. The van der Waals surface area contributed by atoms with Crippen LogP contribution in [0.3, 0.4) is 0 Å². The maximum absolute atomic E-state index is 12.2. The highest BCUT2D eigenvalue weighted by atomic mass is 16.5. The number of hydrogen-bond donors (Lipinski definition) is 2. The molecule has 0 spiro atoms. The van der Waals surface area contributed by atoms with E-state index in [9.17, 15) is 9.59 Å². The van der Waals surface area contributed by atoms with Gasteiger partial charge in [0.25, 0.3) is 0 Å². The Balaban J connectivity index is 2.01. The number of carbonyl (C=O) groups is 2. The molecule has 5 heteroatoms. The van der Waals surface area contributed by atoms with Gasteiger partial charge in [-0.15, -0.1) is 0 Å². The lowest BCUT2D eigenvalue weighted by Gasteiger charge is -2.15. The molecule has 1 aromatic rings. The fourth-order valence-electron chi connectivity index (χ4n) is 2.32. The van der Waals surface area contributed by atoms with E-state index < -0.39 is 5.97 Å². The first-order valence-corrected chi connectivity index (χ1v) is 6.93. The summed E-state index contributed by atoms with van der Waals surface area (Å²) in [5, 5.41) is 6.10. The number of ether oxygens (including phenoxy) is 1. The number of esters is 1. The van der Waals surface area contributed by atoms with Gasteiger partial charge in [0.15, 0.2) is 0 Å². The first kappa shape index (κ1) is 14.5. The summed E-state index contributed by atoms with van der Waals surface area (Å²) in [6.07, 6.45) is 4.19. The van der Waals surface area contributed by atoms with Crippen molar-refractivity contribution in [1.82, 2.24) is 5.32 Å². The lowest BCUT2D eigenvalue weighted by Crippen LogP contribution is -2.39. The molecule has 0 aliphatic carbocycles. The van der Waals surface area contributed by atoms with E-state index in [2.05, 4.69) is 15.4 Å². The smallest absolute Gasteiger partial charge is 0.337 e. The Morgan fingerprint density at radius 3 is 2.95 bits per heavy atom.